The molecule has 0 unspecified atom stereocenters. The highest BCUT2D eigenvalue weighted by Crippen LogP contribution is 2.43. The Labute approximate surface area is 208 Å². The molecule has 0 nitrogen and oxygen atoms in total. The summed E-state index contributed by atoms with van der Waals surface area (Å²) in [5.74, 6) is 3.80. The predicted octanol–water partition coefficient (Wildman–Crippen LogP) is 9.99. The molecule has 0 bridgehead atoms. The molecule has 0 radical (unpaired) electrons. The normalized spacial score (nSPS) is 25.4. The summed E-state index contributed by atoms with van der Waals surface area (Å²) in [5, 5.41) is 0. The molecule has 2 aliphatic rings. The summed E-state index contributed by atoms with van der Waals surface area (Å²) in [4.78, 5) is 0. The van der Waals surface area contributed by atoms with Gasteiger partial charge in [0.2, 0.25) is 0 Å². The van der Waals surface area contributed by atoms with Gasteiger partial charge in [-0.3, -0.25) is 4.39 Å². The number of halogens is 1. The summed E-state index contributed by atoms with van der Waals surface area (Å²) >= 11 is 0. The summed E-state index contributed by atoms with van der Waals surface area (Å²) in [6, 6.07) is 18.5. The molecule has 0 saturated heterocycles. The molecular formula is C33H47F. The zero-order valence-electron chi connectivity index (χ0n) is 21.6. The molecule has 0 atom stereocenters. The van der Waals surface area contributed by atoms with Gasteiger partial charge in [0.15, 0.2) is 0 Å². The van der Waals surface area contributed by atoms with Crippen LogP contribution in [0.2, 0.25) is 0 Å². The molecular weight excluding hydrogens is 415 g/mol. The van der Waals surface area contributed by atoms with E-state index in [0.29, 0.717) is 0 Å². The van der Waals surface area contributed by atoms with Gasteiger partial charge in [-0.2, -0.15) is 0 Å². The van der Waals surface area contributed by atoms with Gasteiger partial charge in [0.05, 0.1) is 6.67 Å². The fraction of sp³-hybridized carbons (Fsp3) is 0.636. The fourth-order valence-electron chi connectivity index (χ4n) is 6.81. The van der Waals surface area contributed by atoms with Crippen LogP contribution in [0.25, 0.3) is 11.1 Å². The van der Waals surface area contributed by atoms with E-state index in [0.717, 1.165) is 36.5 Å². The van der Waals surface area contributed by atoms with Crippen LogP contribution in [-0.2, 0) is 12.8 Å². The van der Waals surface area contributed by atoms with Crippen LogP contribution in [-0.4, -0.2) is 6.67 Å². The van der Waals surface area contributed by atoms with Crippen molar-refractivity contribution >= 4 is 0 Å². The van der Waals surface area contributed by atoms with Crippen LogP contribution in [0, 0.1) is 23.7 Å². The highest BCUT2D eigenvalue weighted by molar-refractivity contribution is 5.64. The number of unbranched alkanes of at least 4 members (excludes halogenated alkanes) is 1. The molecule has 2 fully saturated rings. The second-order valence-corrected chi connectivity index (χ2v) is 11.4. The topological polar surface area (TPSA) is 0 Å². The van der Waals surface area contributed by atoms with Crippen molar-refractivity contribution < 1.29 is 4.39 Å². The Morgan fingerprint density at radius 2 is 1.06 bits per heavy atom. The maximum atomic E-state index is 12.3. The van der Waals surface area contributed by atoms with Crippen molar-refractivity contribution in [1.82, 2.24) is 0 Å². The van der Waals surface area contributed by atoms with Crippen molar-refractivity contribution in [2.24, 2.45) is 23.7 Å². The van der Waals surface area contributed by atoms with Crippen LogP contribution in [0.1, 0.15) is 102 Å². The average molecular weight is 463 g/mol. The van der Waals surface area contributed by atoms with Crippen molar-refractivity contribution in [2.75, 3.05) is 6.67 Å². The molecule has 0 N–H and O–H groups in total. The van der Waals surface area contributed by atoms with Gasteiger partial charge in [-0.05, 0) is 97.3 Å². The number of hydrogen-bond donors (Lipinski definition) is 0. The maximum absolute atomic E-state index is 12.3. The summed E-state index contributed by atoms with van der Waals surface area (Å²) in [7, 11) is 0. The molecule has 34 heavy (non-hydrogen) atoms. The van der Waals surface area contributed by atoms with E-state index in [1.807, 2.05) is 0 Å². The Morgan fingerprint density at radius 1 is 0.588 bits per heavy atom. The van der Waals surface area contributed by atoms with Crippen LogP contribution in [0.15, 0.2) is 48.5 Å². The molecule has 2 saturated carbocycles. The van der Waals surface area contributed by atoms with E-state index in [1.165, 1.54) is 106 Å². The molecule has 4 rings (SSSR count). The number of aryl methyl sites for hydroxylation is 2. The van der Waals surface area contributed by atoms with Crippen LogP contribution in [0.4, 0.5) is 4.39 Å². The molecule has 186 valence electrons. The Morgan fingerprint density at radius 3 is 1.53 bits per heavy atom. The largest absolute Gasteiger partial charge is 0.251 e. The second kappa shape index (κ2) is 13.5. The van der Waals surface area contributed by atoms with E-state index >= 15 is 0 Å². The van der Waals surface area contributed by atoms with Crippen molar-refractivity contribution in [3.05, 3.63) is 59.7 Å². The summed E-state index contributed by atoms with van der Waals surface area (Å²) in [5.41, 5.74) is 5.61. The third-order valence-electron chi connectivity index (χ3n) is 9.07. The smallest absolute Gasteiger partial charge is 0.0894 e. The lowest BCUT2D eigenvalue weighted by Gasteiger charge is -2.38. The van der Waals surface area contributed by atoms with Crippen LogP contribution in [0.5, 0.6) is 0 Å². The molecule has 2 aromatic carbocycles. The van der Waals surface area contributed by atoms with E-state index in [1.54, 1.807) is 0 Å². The van der Waals surface area contributed by atoms with E-state index in [9.17, 15) is 4.39 Å². The quantitative estimate of drug-likeness (QED) is 0.291. The molecule has 0 amide bonds. The standard InChI is InChI=1S/C33H47F/c1-2-5-26-9-17-30(18-10-26)32-21-13-28(14-22-32)7-8-29-15-23-33(24-16-29)31-19-11-27(12-20-31)6-3-4-25-34/h9-10,13-14,17-18,21-22,27,29,31,33H,2-8,11-12,15-16,19-20,23-25H2,1H3/t27-,29?,31-,33?. The van der Waals surface area contributed by atoms with Crippen LogP contribution < -0.4 is 0 Å². The van der Waals surface area contributed by atoms with Gasteiger partial charge in [-0.25, -0.2) is 0 Å². The average Bonchev–Trinajstić information content (AvgIpc) is 2.89. The van der Waals surface area contributed by atoms with E-state index in [-0.39, 0.29) is 6.67 Å². The maximum Gasteiger partial charge on any atom is 0.0894 e. The van der Waals surface area contributed by atoms with Crippen molar-refractivity contribution in [3.8, 4) is 11.1 Å². The minimum atomic E-state index is -0.128. The summed E-state index contributed by atoms with van der Waals surface area (Å²) < 4.78 is 12.3. The van der Waals surface area contributed by atoms with E-state index in [4.69, 9.17) is 0 Å². The molecule has 2 aromatic rings. The van der Waals surface area contributed by atoms with Crippen LogP contribution in [0.3, 0.4) is 0 Å². The Bertz CT molecular complexity index is 805. The van der Waals surface area contributed by atoms with Crippen molar-refractivity contribution in [1.29, 1.82) is 0 Å². The number of hydrogen-bond acceptors (Lipinski definition) is 0. The molecule has 2 aliphatic carbocycles. The predicted molar refractivity (Wildman–Crippen MR) is 145 cm³/mol. The van der Waals surface area contributed by atoms with Gasteiger partial charge in [0.1, 0.15) is 0 Å². The summed E-state index contributed by atoms with van der Waals surface area (Å²) in [6.45, 7) is 2.11. The van der Waals surface area contributed by atoms with E-state index < -0.39 is 0 Å². The zero-order valence-corrected chi connectivity index (χ0v) is 21.6. The minimum Gasteiger partial charge on any atom is -0.251 e. The highest BCUT2D eigenvalue weighted by atomic mass is 19.1. The van der Waals surface area contributed by atoms with Gasteiger partial charge in [0.25, 0.3) is 0 Å². The van der Waals surface area contributed by atoms with Crippen molar-refractivity contribution in [2.45, 2.75) is 103 Å². The fourth-order valence-corrected chi connectivity index (χ4v) is 6.81. The lowest BCUT2D eigenvalue weighted by atomic mass is 9.68. The monoisotopic (exact) mass is 462 g/mol. The lowest BCUT2D eigenvalue weighted by Crippen LogP contribution is -2.26. The Balaban J connectivity index is 1.15. The van der Waals surface area contributed by atoms with Gasteiger partial charge in [-0.1, -0.05) is 100 Å². The first kappa shape index (κ1) is 25.5. The van der Waals surface area contributed by atoms with E-state index in [2.05, 4.69) is 55.5 Å². The third kappa shape index (κ3) is 7.43. The van der Waals surface area contributed by atoms with Crippen molar-refractivity contribution in [3.63, 3.8) is 0 Å². The Hall–Kier alpha value is -1.63. The summed E-state index contributed by atoms with van der Waals surface area (Å²) in [6.07, 6.45) is 19.7. The van der Waals surface area contributed by atoms with Gasteiger partial charge < -0.3 is 0 Å². The number of rotatable bonds is 11. The first-order valence-electron chi connectivity index (χ1n) is 14.5. The second-order valence-electron chi connectivity index (χ2n) is 11.4. The Kier molecular flexibility index (Phi) is 10.1. The first-order chi connectivity index (χ1) is 16.7. The van der Waals surface area contributed by atoms with Gasteiger partial charge >= 0.3 is 0 Å². The first-order valence-corrected chi connectivity index (χ1v) is 14.5. The number of benzene rings is 2. The van der Waals surface area contributed by atoms with Crippen LogP contribution >= 0.6 is 0 Å². The molecule has 1 heteroatoms. The zero-order chi connectivity index (χ0) is 23.6. The third-order valence-corrected chi connectivity index (χ3v) is 9.07. The lowest BCUT2D eigenvalue weighted by molar-refractivity contribution is 0.140. The van der Waals surface area contributed by atoms with Gasteiger partial charge in [0, 0.05) is 0 Å². The highest BCUT2D eigenvalue weighted by Gasteiger charge is 2.30. The SMILES string of the molecule is CCCc1ccc(-c2ccc(CCC3CCC([C@H]4CC[C@H](CCCCF)CC4)CC3)cc2)cc1. The minimum absolute atomic E-state index is 0.128. The molecule has 0 spiro atoms. The number of alkyl halides is 1. The molecule has 0 aromatic heterocycles. The molecule has 0 aliphatic heterocycles. The molecule has 0 heterocycles. The van der Waals surface area contributed by atoms with Gasteiger partial charge in [-0.15, -0.1) is 0 Å².